The molecule has 1 saturated heterocycles. The van der Waals surface area contributed by atoms with Crippen molar-refractivity contribution in [3.05, 3.63) is 12.7 Å². The van der Waals surface area contributed by atoms with Crippen molar-refractivity contribution < 1.29 is 0 Å². The van der Waals surface area contributed by atoms with E-state index in [0.717, 1.165) is 12.3 Å². The van der Waals surface area contributed by atoms with Crippen molar-refractivity contribution in [3.63, 3.8) is 0 Å². The highest BCUT2D eigenvalue weighted by Crippen LogP contribution is 2.35. The maximum atomic E-state index is 6.80. The van der Waals surface area contributed by atoms with Gasteiger partial charge in [0, 0.05) is 11.6 Å². The largest absolute Gasteiger partial charge is 0.325 e. The fourth-order valence-corrected chi connectivity index (χ4v) is 4.55. The zero-order valence-corrected chi connectivity index (χ0v) is 14.3. The summed E-state index contributed by atoms with van der Waals surface area (Å²) in [5.74, 6) is 1.45. The van der Waals surface area contributed by atoms with Gasteiger partial charge >= 0.3 is 0 Å². The molecule has 1 heterocycles. The first-order valence-corrected chi connectivity index (χ1v) is 9.18. The average molecular weight is 293 g/mol. The number of hydrogen-bond donors (Lipinski definition) is 1. The highest BCUT2D eigenvalue weighted by atomic mass is 15.2. The van der Waals surface area contributed by atoms with Gasteiger partial charge in [-0.15, -0.1) is 6.58 Å². The SMILES string of the molecule is C=CC1CCCC(C(C)(N)CC(C)N2CCCC2)CCC1. The Labute approximate surface area is 132 Å². The Morgan fingerprint density at radius 3 is 2.24 bits per heavy atom. The molecule has 0 amide bonds. The first-order chi connectivity index (χ1) is 10.0. The van der Waals surface area contributed by atoms with E-state index >= 15 is 0 Å². The predicted octanol–water partition coefficient (Wildman–Crippen LogP) is 4.35. The molecular formula is C19H36N2. The van der Waals surface area contributed by atoms with Crippen molar-refractivity contribution in [2.45, 2.75) is 83.2 Å². The van der Waals surface area contributed by atoms with E-state index in [1.54, 1.807) is 0 Å². The van der Waals surface area contributed by atoms with E-state index < -0.39 is 0 Å². The van der Waals surface area contributed by atoms with Crippen LogP contribution in [0.2, 0.25) is 0 Å². The van der Waals surface area contributed by atoms with Crippen LogP contribution < -0.4 is 5.73 Å². The van der Waals surface area contributed by atoms with Crippen LogP contribution in [0.15, 0.2) is 12.7 Å². The number of likely N-dealkylation sites (tertiary alicyclic amines) is 1. The van der Waals surface area contributed by atoms with Gasteiger partial charge in [-0.2, -0.15) is 0 Å². The van der Waals surface area contributed by atoms with Gasteiger partial charge in [-0.25, -0.2) is 0 Å². The molecule has 2 aliphatic rings. The van der Waals surface area contributed by atoms with E-state index in [1.807, 2.05) is 0 Å². The second-order valence-electron chi connectivity index (χ2n) is 7.86. The molecule has 2 atom stereocenters. The quantitative estimate of drug-likeness (QED) is 0.763. The minimum Gasteiger partial charge on any atom is -0.325 e. The lowest BCUT2D eigenvalue weighted by Crippen LogP contribution is -2.49. The summed E-state index contributed by atoms with van der Waals surface area (Å²) >= 11 is 0. The molecule has 0 aromatic rings. The van der Waals surface area contributed by atoms with E-state index in [4.69, 9.17) is 5.73 Å². The Balaban J connectivity index is 1.86. The van der Waals surface area contributed by atoms with Gasteiger partial charge < -0.3 is 10.6 Å². The third-order valence-electron chi connectivity index (χ3n) is 6.02. The minimum absolute atomic E-state index is 0.00300. The van der Waals surface area contributed by atoms with E-state index in [-0.39, 0.29) is 5.54 Å². The molecule has 2 rings (SSSR count). The van der Waals surface area contributed by atoms with Crippen LogP contribution in [-0.2, 0) is 0 Å². The van der Waals surface area contributed by atoms with Crippen molar-refractivity contribution in [2.24, 2.45) is 17.6 Å². The fraction of sp³-hybridized carbons (Fsp3) is 0.895. The van der Waals surface area contributed by atoms with Gasteiger partial charge in [0.2, 0.25) is 0 Å². The summed E-state index contributed by atoms with van der Waals surface area (Å²) in [5, 5.41) is 0. The summed E-state index contributed by atoms with van der Waals surface area (Å²) in [7, 11) is 0. The van der Waals surface area contributed by atoms with Crippen LogP contribution >= 0.6 is 0 Å². The normalized spacial score (nSPS) is 32.9. The molecule has 1 aliphatic carbocycles. The third-order valence-corrected chi connectivity index (χ3v) is 6.02. The Morgan fingerprint density at radius 1 is 1.14 bits per heavy atom. The van der Waals surface area contributed by atoms with Crippen LogP contribution in [0.25, 0.3) is 0 Å². The van der Waals surface area contributed by atoms with Gasteiger partial charge in [-0.3, -0.25) is 0 Å². The van der Waals surface area contributed by atoms with Crippen LogP contribution in [0.5, 0.6) is 0 Å². The van der Waals surface area contributed by atoms with Crippen LogP contribution in [0.3, 0.4) is 0 Å². The first kappa shape index (κ1) is 17.0. The molecule has 2 unspecified atom stereocenters. The Hall–Kier alpha value is -0.340. The van der Waals surface area contributed by atoms with E-state index in [0.29, 0.717) is 12.0 Å². The summed E-state index contributed by atoms with van der Waals surface area (Å²) < 4.78 is 0. The highest BCUT2D eigenvalue weighted by Gasteiger charge is 2.33. The van der Waals surface area contributed by atoms with Crippen LogP contribution in [0, 0.1) is 11.8 Å². The molecule has 2 fully saturated rings. The van der Waals surface area contributed by atoms with Crippen LogP contribution in [0.4, 0.5) is 0 Å². The van der Waals surface area contributed by atoms with Crippen LogP contribution in [-0.4, -0.2) is 29.6 Å². The zero-order chi connectivity index (χ0) is 15.3. The molecule has 1 saturated carbocycles. The van der Waals surface area contributed by atoms with Crippen molar-refractivity contribution >= 4 is 0 Å². The molecule has 0 spiro atoms. The lowest BCUT2D eigenvalue weighted by atomic mass is 9.73. The van der Waals surface area contributed by atoms with Gasteiger partial charge in [-0.05, 0) is 83.7 Å². The van der Waals surface area contributed by atoms with Crippen LogP contribution in [0.1, 0.15) is 71.6 Å². The second-order valence-corrected chi connectivity index (χ2v) is 7.86. The molecule has 0 aromatic heterocycles. The predicted molar refractivity (Wildman–Crippen MR) is 92.4 cm³/mol. The highest BCUT2D eigenvalue weighted by molar-refractivity contribution is 4.93. The van der Waals surface area contributed by atoms with Gasteiger partial charge in [0.25, 0.3) is 0 Å². The Morgan fingerprint density at radius 2 is 1.71 bits per heavy atom. The molecule has 0 aromatic carbocycles. The monoisotopic (exact) mass is 292 g/mol. The van der Waals surface area contributed by atoms with Crippen molar-refractivity contribution in [2.75, 3.05) is 13.1 Å². The summed E-state index contributed by atoms with van der Waals surface area (Å²) in [6, 6.07) is 0.647. The first-order valence-electron chi connectivity index (χ1n) is 9.18. The lowest BCUT2D eigenvalue weighted by molar-refractivity contribution is 0.154. The number of nitrogens with zero attached hydrogens (tertiary/aromatic N) is 1. The summed E-state index contributed by atoms with van der Waals surface area (Å²) in [6.45, 7) is 11.2. The molecule has 1 aliphatic heterocycles. The smallest absolute Gasteiger partial charge is 0.0169 e. The average Bonchev–Trinajstić information content (AvgIpc) is 2.91. The topological polar surface area (TPSA) is 29.3 Å². The van der Waals surface area contributed by atoms with Gasteiger partial charge in [0.1, 0.15) is 0 Å². The molecule has 122 valence electrons. The Bertz CT molecular complexity index is 308. The number of hydrogen-bond acceptors (Lipinski definition) is 2. The minimum atomic E-state index is 0.00300. The molecule has 21 heavy (non-hydrogen) atoms. The van der Waals surface area contributed by atoms with Crippen molar-refractivity contribution in [1.29, 1.82) is 0 Å². The standard InChI is InChI=1S/C19H36N2/c1-4-17-9-7-11-18(12-8-10-17)19(3,20)15-16(2)21-13-5-6-14-21/h4,16-18H,1,5-15,20H2,2-3H3. The van der Waals surface area contributed by atoms with E-state index in [2.05, 4.69) is 31.4 Å². The van der Waals surface area contributed by atoms with Gasteiger partial charge in [0.05, 0.1) is 0 Å². The van der Waals surface area contributed by atoms with Crippen molar-refractivity contribution in [1.82, 2.24) is 4.90 Å². The maximum absolute atomic E-state index is 6.80. The lowest BCUT2D eigenvalue weighted by Gasteiger charge is -2.40. The molecule has 0 radical (unpaired) electrons. The zero-order valence-electron chi connectivity index (χ0n) is 14.3. The van der Waals surface area contributed by atoms with Gasteiger partial charge in [0.15, 0.2) is 0 Å². The number of nitrogens with two attached hydrogens (primary N) is 1. The maximum Gasteiger partial charge on any atom is 0.0169 e. The molecule has 2 nitrogen and oxygen atoms in total. The molecular weight excluding hydrogens is 256 g/mol. The Kier molecular flexibility index (Phi) is 6.31. The molecule has 0 bridgehead atoms. The van der Waals surface area contributed by atoms with E-state index in [9.17, 15) is 0 Å². The van der Waals surface area contributed by atoms with Crippen molar-refractivity contribution in [3.8, 4) is 0 Å². The third kappa shape index (κ3) is 4.82. The number of rotatable bonds is 5. The molecule has 2 heteroatoms. The summed E-state index contributed by atoms with van der Waals surface area (Å²) in [5.41, 5.74) is 6.80. The fourth-order valence-electron chi connectivity index (χ4n) is 4.55. The molecule has 2 N–H and O–H groups in total. The summed E-state index contributed by atoms with van der Waals surface area (Å²) in [6.07, 6.45) is 14.0. The van der Waals surface area contributed by atoms with E-state index in [1.165, 1.54) is 64.5 Å². The summed E-state index contributed by atoms with van der Waals surface area (Å²) in [4.78, 5) is 2.64. The number of allylic oxidation sites excluding steroid dienone is 1. The van der Waals surface area contributed by atoms with Gasteiger partial charge in [-0.1, -0.05) is 18.9 Å². The second kappa shape index (κ2) is 7.78.